The molecule has 0 unspecified atom stereocenters. The Balaban J connectivity index is 1.53. The average Bonchev–Trinajstić information content (AvgIpc) is 3.26. The van der Waals surface area contributed by atoms with Gasteiger partial charge in [-0.05, 0) is 59.3 Å². The number of hydrogen-bond donors (Lipinski definition) is 1. The number of aromatic nitrogens is 2. The largest absolute Gasteiger partial charge is 0.486 e. The maximum atomic E-state index is 12.2. The fourth-order valence-electron chi connectivity index (χ4n) is 2.23. The van der Waals surface area contributed by atoms with Crippen LogP contribution in [0, 0.1) is 0 Å². The Morgan fingerprint density at radius 2 is 2.00 bits per heavy atom. The van der Waals surface area contributed by atoms with Crippen molar-refractivity contribution in [3.8, 4) is 5.75 Å². The molecule has 1 amide bonds. The van der Waals surface area contributed by atoms with E-state index in [1.54, 1.807) is 16.8 Å². The Morgan fingerprint density at radius 3 is 2.69 bits per heavy atom. The minimum Gasteiger partial charge on any atom is -0.486 e. The third kappa shape index (κ3) is 4.76. The lowest BCUT2D eigenvalue weighted by molar-refractivity contribution is 0.0918. The van der Waals surface area contributed by atoms with Gasteiger partial charge in [0, 0.05) is 17.2 Å². The highest BCUT2D eigenvalue weighted by molar-refractivity contribution is 9.10. The van der Waals surface area contributed by atoms with E-state index in [9.17, 15) is 4.79 Å². The van der Waals surface area contributed by atoms with Crippen molar-refractivity contribution >= 4 is 37.8 Å². The molecule has 3 aromatic rings. The highest BCUT2D eigenvalue weighted by atomic mass is 79.9. The summed E-state index contributed by atoms with van der Waals surface area (Å²) in [5.74, 6) is 1.25. The molecule has 3 rings (SSSR count). The molecule has 26 heavy (non-hydrogen) atoms. The van der Waals surface area contributed by atoms with Crippen molar-refractivity contribution < 1.29 is 13.9 Å². The van der Waals surface area contributed by atoms with Gasteiger partial charge in [0.15, 0.2) is 5.76 Å². The fraction of sp³-hybridized carbons (Fsp3) is 0.222. The second-order valence-electron chi connectivity index (χ2n) is 5.47. The van der Waals surface area contributed by atoms with Crippen LogP contribution >= 0.6 is 31.9 Å². The quantitative estimate of drug-likeness (QED) is 0.537. The van der Waals surface area contributed by atoms with Crippen LogP contribution in [-0.4, -0.2) is 15.7 Å². The van der Waals surface area contributed by atoms with Crippen LogP contribution in [0.1, 0.15) is 28.9 Å². The Labute approximate surface area is 167 Å². The summed E-state index contributed by atoms with van der Waals surface area (Å²) in [5, 5.41) is 7.17. The Morgan fingerprint density at radius 1 is 1.23 bits per heavy atom. The lowest BCUT2D eigenvalue weighted by atomic mass is 10.3. The van der Waals surface area contributed by atoms with E-state index in [0.29, 0.717) is 12.3 Å². The van der Waals surface area contributed by atoms with Crippen molar-refractivity contribution in [1.82, 2.24) is 15.1 Å². The van der Waals surface area contributed by atoms with Gasteiger partial charge in [-0.3, -0.25) is 9.48 Å². The molecule has 0 aliphatic carbocycles. The molecule has 0 radical (unpaired) electrons. The molecule has 8 heteroatoms. The molecule has 136 valence electrons. The predicted molar refractivity (Wildman–Crippen MR) is 104 cm³/mol. The van der Waals surface area contributed by atoms with Gasteiger partial charge in [-0.25, -0.2) is 0 Å². The number of hydrogen-bond acceptors (Lipinski definition) is 4. The van der Waals surface area contributed by atoms with Gasteiger partial charge >= 0.3 is 0 Å². The zero-order chi connectivity index (χ0) is 18.5. The van der Waals surface area contributed by atoms with E-state index >= 15 is 0 Å². The number of amides is 1. The lowest BCUT2D eigenvalue weighted by Gasteiger charge is -2.04. The Hall–Kier alpha value is -2.06. The molecule has 0 atom stereocenters. The number of furan rings is 1. The van der Waals surface area contributed by atoms with Crippen LogP contribution in [0.15, 0.2) is 56.0 Å². The van der Waals surface area contributed by atoms with Crippen LogP contribution in [0.5, 0.6) is 5.75 Å². The van der Waals surface area contributed by atoms with Crippen LogP contribution in [-0.2, 0) is 19.7 Å². The van der Waals surface area contributed by atoms with Crippen molar-refractivity contribution in [2.24, 2.45) is 0 Å². The van der Waals surface area contributed by atoms with E-state index in [1.165, 1.54) is 0 Å². The van der Waals surface area contributed by atoms with Gasteiger partial charge in [-0.15, -0.1) is 0 Å². The number of ether oxygens (including phenoxy) is 1. The number of aryl methyl sites for hydroxylation is 1. The topological polar surface area (TPSA) is 69.3 Å². The number of carbonyl (C=O) groups is 1. The molecule has 0 spiro atoms. The summed E-state index contributed by atoms with van der Waals surface area (Å²) in [6.07, 6.45) is 1.88. The van der Waals surface area contributed by atoms with Crippen molar-refractivity contribution in [3.63, 3.8) is 0 Å². The average molecular weight is 483 g/mol. The zero-order valence-corrected chi connectivity index (χ0v) is 17.2. The van der Waals surface area contributed by atoms with Crippen molar-refractivity contribution in [1.29, 1.82) is 0 Å². The zero-order valence-electron chi connectivity index (χ0n) is 14.0. The van der Waals surface area contributed by atoms with Crippen molar-refractivity contribution in [2.45, 2.75) is 26.6 Å². The number of halogens is 2. The third-order valence-electron chi connectivity index (χ3n) is 3.61. The van der Waals surface area contributed by atoms with Gasteiger partial charge in [-0.1, -0.05) is 15.9 Å². The van der Waals surface area contributed by atoms with E-state index < -0.39 is 0 Å². The van der Waals surface area contributed by atoms with E-state index in [4.69, 9.17) is 9.15 Å². The summed E-state index contributed by atoms with van der Waals surface area (Å²) >= 11 is 6.81. The maximum Gasteiger partial charge on any atom is 0.287 e. The molecular weight excluding hydrogens is 466 g/mol. The molecule has 2 aromatic heterocycles. The van der Waals surface area contributed by atoms with Crippen LogP contribution in [0.2, 0.25) is 0 Å². The first kappa shape index (κ1) is 18.7. The smallest absolute Gasteiger partial charge is 0.287 e. The van der Waals surface area contributed by atoms with Crippen LogP contribution in [0.3, 0.4) is 0 Å². The fourth-order valence-corrected chi connectivity index (χ4v) is 2.95. The van der Waals surface area contributed by atoms with E-state index in [1.807, 2.05) is 37.4 Å². The number of rotatable bonds is 7. The van der Waals surface area contributed by atoms with Crippen LogP contribution in [0.25, 0.3) is 0 Å². The summed E-state index contributed by atoms with van der Waals surface area (Å²) in [6, 6.07) is 10.9. The molecular formula is C18H17Br2N3O3. The first-order chi connectivity index (χ1) is 12.5. The Bertz CT molecular complexity index is 887. The highest BCUT2D eigenvalue weighted by Gasteiger charge is 2.13. The minimum atomic E-state index is -0.294. The highest BCUT2D eigenvalue weighted by Crippen LogP contribution is 2.18. The normalized spacial score (nSPS) is 10.7. The molecule has 6 nitrogen and oxygen atoms in total. The van der Waals surface area contributed by atoms with Gasteiger partial charge in [0.05, 0.1) is 16.7 Å². The standard InChI is InChI=1S/C18H17Br2N3O3/c1-2-23-10-15(20)16(22-23)9-21-18(24)17-8-7-14(26-17)11-25-13-5-3-12(19)4-6-13/h3-8,10H,2,9,11H2,1H3,(H,21,24). The first-order valence-electron chi connectivity index (χ1n) is 8.02. The van der Waals surface area contributed by atoms with Gasteiger partial charge in [0.1, 0.15) is 18.1 Å². The number of benzene rings is 1. The van der Waals surface area contributed by atoms with Crippen LogP contribution in [0.4, 0.5) is 0 Å². The molecule has 0 saturated carbocycles. The molecule has 0 aliphatic heterocycles. The van der Waals surface area contributed by atoms with Gasteiger partial charge < -0.3 is 14.5 Å². The molecule has 0 aliphatic rings. The van der Waals surface area contributed by atoms with Gasteiger partial charge in [0.2, 0.25) is 0 Å². The maximum absolute atomic E-state index is 12.2. The molecule has 0 bridgehead atoms. The SMILES string of the molecule is CCn1cc(Br)c(CNC(=O)c2ccc(COc3ccc(Br)cc3)o2)n1. The second-order valence-corrected chi connectivity index (χ2v) is 7.24. The van der Waals surface area contributed by atoms with Gasteiger partial charge in [-0.2, -0.15) is 5.10 Å². The second kappa shape index (κ2) is 8.55. The number of carbonyl (C=O) groups excluding carboxylic acids is 1. The number of nitrogens with zero attached hydrogens (tertiary/aromatic N) is 2. The minimum absolute atomic E-state index is 0.241. The van der Waals surface area contributed by atoms with Crippen molar-refractivity contribution in [2.75, 3.05) is 0 Å². The summed E-state index contributed by atoms with van der Waals surface area (Å²) in [5.41, 5.74) is 0.769. The van der Waals surface area contributed by atoms with E-state index in [0.717, 1.165) is 26.9 Å². The molecule has 1 aromatic carbocycles. The summed E-state index contributed by atoms with van der Waals surface area (Å²) < 4.78 is 14.8. The van der Waals surface area contributed by atoms with Crippen LogP contribution < -0.4 is 10.1 Å². The summed E-state index contributed by atoms with van der Waals surface area (Å²) in [7, 11) is 0. The van der Waals surface area contributed by atoms with Gasteiger partial charge in [0.25, 0.3) is 5.91 Å². The first-order valence-corrected chi connectivity index (χ1v) is 9.61. The molecule has 0 saturated heterocycles. The predicted octanol–water partition coefficient (Wildman–Crippen LogP) is 4.53. The monoisotopic (exact) mass is 481 g/mol. The lowest BCUT2D eigenvalue weighted by Crippen LogP contribution is -2.22. The van der Waals surface area contributed by atoms with Crippen molar-refractivity contribution in [3.05, 3.63) is 68.8 Å². The summed E-state index contributed by atoms with van der Waals surface area (Å²) in [6.45, 7) is 3.34. The molecule has 2 heterocycles. The third-order valence-corrected chi connectivity index (χ3v) is 4.80. The summed E-state index contributed by atoms with van der Waals surface area (Å²) in [4.78, 5) is 12.2. The molecule has 1 N–H and O–H groups in total. The number of nitrogens with one attached hydrogen (secondary N) is 1. The molecule has 0 fully saturated rings. The Kier molecular flexibility index (Phi) is 6.16. The van der Waals surface area contributed by atoms with E-state index in [2.05, 4.69) is 42.3 Å². The van der Waals surface area contributed by atoms with E-state index in [-0.39, 0.29) is 18.3 Å².